The van der Waals surface area contributed by atoms with Gasteiger partial charge in [0, 0.05) is 0 Å². The van der Waals surface area contributed by atoms with Crippen LogP contribution in [0.2, 0.25) is 0 Å². The summed E-state index contributed by atoms with van der Waals surface area (Å²) in [6.07, 6.45) is 0. The first-order chi connectivity index (χ1) is 5.29. The third-order valence-corrected chi connectivity index (χ3v) is 0.697. The van der Waals surface area contributed by atoms with Gasteiger partial charge in [-0.05, 0) is 25.0 Å². The van der Waals surface area contributed by atoms with Crippen molar-refractivity contribution in [1.29, 1.82) is 0 Å². The molecule has 4 nitrogen and oxygen atoms in total. The summed E-state index contributed by atoms with van der Waals surface area (Å²) in [7, 11) is 0. The number of carboxylic acids is 2. The summed E-state index contributed by atoms with van der Waals surface area (Å²) in [4.78, 5) is 19.0. The zero-order valence-electron chi connectivity index (χ0n) is 7.43. The molecule has 0 saturated heterocycles. The molecule has 0 aliphatic carbocycles. The van der Waals surface area contributed by atoms with E-state index in [0.717, 1.165) is 0 Å². The van der Waals surface area contributed by atoms with Gasteiger partial charge in [-0.3, -0.25) is 0 Å². The Balaban J connectivity index is -0.000000143. The maximum atomic E-state index is 9.49. The molecule has 0 aromatic rings. The van der Waals surface area contributed by atoms with Crippen LogP contribution in [-0.4, -0.2) is 11.9 Å². The third-order valence-electron chi connectivity index (χ3n) is 0.697. The molecule has 0 rings (SSSR count). The molecule has 0 unspecified atom stereocenters. The average Bonchev–Trinajstić information content (AvgIpc) is 1.88. The van der Waals surface area contributed by atoms with E-state index in [1.165, 1.54) is 13.8 Å². The smallest absolute Gasteiger partial charge is 0.545 e. The minimum Gasteiger partial charge on any atom is -0.545 e. The molecule has 1 radical (unpaired) electrons. The van der Waals surface area contributed by atoms with Crippen LogP contribution in [0.5, 0.6) is 0 Å². The van der Waals surface area contributed by atoms with E-state index in [1.807, 2.05) is 0 Å². The number of hydrogen-bond acceptors (Lipinski definition) is 4. The van der Waals surface area contributed by atoms with Gasteiger partial charge in [0.15, 0.2) is 0 Å². The summed E-state index contributed by atoms with van der Waals surface area (Å²) in [5.74, 6) is -2.37. The Bertz CT molecular complexity index is 172. The van der Waals surface area contributed by atoms with Crippen LogP contribution in [0.3, 0.4) is 0 Å². The number of carbonyl (C=O) groups is 2. The normalized spacial score (nSPS) is 6.92. The summed E-state index contributed by atoms with van der Waals surface area (Å²) >= 11 is 0. The summed E-state index contributed by atoms with van der Waals surface area (Å²) in [5, 5.41) is 19.0. The van der Waals surface area contributed by atoms with Crippen molar-refractivity contribution in [3.8, 4) is 0 Å². The molecule has 0 amide bonds. The number of rotatable bonds is 2. The van der Waals surface area contributed by atoms with E-state index >= 15 is 0 Å². The first kappa shape index (κ1) is 17.9. The Morgan fingerprint density at radius 1 is 0.923 bits per heavy atom. The first-order valence-electron chi connectivity index (χ1n) is 3.02. The van der Waals surface area contributed by atoms with Crippen LogP contribution in [0.1, 0.15) is 13.8 Å². The third kappa shape index (κ3) is 18.2. The molecule has 0 aliphatic heterocycles. The van der Waals surface area contributed by atoms with Crippen molar-refractivity contribution in [2.24, 2.45) is 0 Å². The molecule has 0 aromatic carbocycles. The van der Waals surface area contributed by atoms with Gasteiger partial charge in [0.25, 0.3) is 0 Å². The Labute approximate surface area is 87.4 Å². The molecule has 0 saturated carbocycles. The molecular formula is C8H10MnO4. The second-order valence-corrected chi connectivity index (χ2v) is 2.14. The maximum Gasteiger partial charge on any atom is 2.00 e. The molecule has 0 atom stereocenters. The van der Waals surface area contributed by atoms with Crippen LogP contribution in [0, 0.1) is 0 Å². The van der Waals surface area contributed by atoms with Gasteiger partial charge in [0.05, 0.1) is 11.9 Å². The predicted octanol–water partition coefficient (Wildman–Crippen LogP) is -1.38. The molecular weight excluding hydrogens is 215 g/mol. The van der Waals surface area contributed by atoms with E-state index in [4.69, 9.17) is 0 Å². The van der Waals surface area contributed by atoms with E-state index in [1.54, 1.807) is 0 Å². The molecule has 73 valence electrons. The largest absolute Gasteiger partial charge is 2.00 e. The molecule has 0 fully saturated rings. The second-order valence-electron chi connectivity index (χ2n) is 2.14. The van der Waals surface area contributed by atoms with Crippen molar-refractivity contribution in [3.63, 3.8) is 0 Å². The number of carboxylic acid groups (broad SMARTS) is 2. The molecule has 0 N–H and O–H groups in total. The van der Waals surface area contributed by atoms with Crippen molar-refractivity contribution < 1.29 is 36.9 Å². The van der Waals surface area contributed by atoms with Gasteiger partial charge in [0.2, 0.25) is 0 Å². The van der Waals surface area contributed by atoms with Crippen molar-refractivity contribution in [1.82, 2.24) is 0 Å². The fraction of sp³-hybridized carbons (Fsp3) is 0.250. The van der Waals surface area contributed by atoms with Crippen molar-refractivity contribution in [2.75, 3.05) is 0 Å². The van der Waals surface area contributed by atoms with E-state index in [0.29, 0.717) is 0 Å². The molecule has 0 aliphatic rings. The molecule has 0 spiro atoms. The predicted molar refractivity (Wildman–Crippen MR) is 39.6 cm³/mol. The minimum absolute atomic E-state index is 0. The molecule has 5 heteroatoms. The van der Waals surface area contributed by atoms with Gasteiger partial charge in [-0.2, -0.15) is 0 Å². The Kier molecular flexibility index (Phi) is 12.4. The van der Waals surface area contributed by atoms with E-state index in [2.05, 4.69) is 13.2 Å². The Morgan fingerprint density at radius 2 is 1.00 bits per heavy atom. The topological polar surface area (TPSA) is 80.3 Å². The van der Waals surface area contributed by atoms with Crippen LogP contribution < -0.4 is 10.2 Å². The summed E-state index contributed by atoms with van der Waals surface area (Å²) in [5.41, 5.74) is 0.130. The summed E-state index contributed by atoms with van der Waals surface area (Å²) in [6, 6.07) is 0. The first-order valence-corrected chi connectivity index (χ1v) is 3.02. The van der Waals surface area contributed by atoms with Crippen molar-refractivity contribution in [2.45, 2.75) is 13.8 Å². The van der Waals surface area contributed by atoms with Crippen LogP contribution in [0.4, 0.5) is 0 Å². The molecule has 0 heterocycles. The van der Waals surface area contributed by atoms with Gasteiger partial charge in [-0.25, -0.2) is 0 Å². The summed E-state index contributed by atoms with van der Waals surface area (Å²) in [6.45, 7) is 8.95. The van der Waals surface area contributed by atoms with Crippen LogP contribution in [0.15, 0.2) is 24.3 Å². The Morgan fingerprint density at radius 3 is 1.00 bits per heavy atom. The van der Waals surface area contributed by atoms with Crippen molar-refractivity contribution >= 4 is 11.9 Å². The number of carbonyl (C=O) groups excluding carboxylic acids is 2. The van der Waals surface area contributed by atoms with Crippen LogP contribution >= 0.6 is 0 Å². The minimum atomic E-state index is -1.19. The van der Waals surface area contributed by atoms with E-state index < -0.39 is 11.9 Å². The SMILES string of the molecule is C=C(C)C(=O)[O-].C=C(C)C(=O)[O-].[Mn+2]. The van der Waals surface area contributed by atoms with Gasteiger partial charge >= 0.3 is 17.1 Å². The fourth-order valence-corrected chi connectivity index (χ4v) is 0. The van der Waals surface area contributed by atoms with Gasteiger partial charge in [-0.15, -0.1) is 0 Å². The Hall–Kier alpha value is -1.06. The number of aliphatic carboxylic acids is 2. The van der Waals surface area contributed by atoms with Gasteiger partial charge in [-0.1, -0.05) is 13.2 Å². The zero-order chi connectivity index (χ0) is 10.3. The van der Waals surface area contributed by atoms with Crippen LogP contribution in [0.25, 0.3) is 0 Å². The number of hydrogen-bond donors (Lipinski definition) is 0. The molecule has 13 heavy (non-hydrogen) atoms. The quantitative estimate of drug-likeness (QED) is 0.428. The van der Waals surface area contributed by atoms with E-state index in [-0.39, 0.29) is 28.2 Å². The summed E-state index contributed by atoms with van der Waals surface area (Å²) < 4.78 is 0. The molecule has 0 bridgehead atoms. The maximum absolute atomic E-state index is 9.49. The van der Waals surface area contributed by atoms with Crippen LogP contribution in [-0.2, 0) is 26.7 Å². The van der Waals surface area contributed by atoms with E-state index in [9.17, 15) is 19.8 Å². The van der Waals surface area contributed by atoms with Gasteiger partial charge in [0.1, 0.15) is 0 Å². The van der Waals surface area contributed by atoms with Crippen molar-refractivity contribution in [3.05, 3.63) is 24.3 Å². The van der Waals surface area contributed by atoms with Gasteiger partial charge < -0.3 is 19.8 Å². The second kappa shape index (κ2) is 9.03. The fourth-order valence-electron chi connectivity index (χ4n) is 0. The molecule has 0 aromatic heterocycles. The monoisotopic (exact) mass is 225 g/mol. The average molecular weight is 225 g/mol. The standard InChI is InChI=1S/2C4H6O2.Mn/c2*1-3(2)4(5)6;/h2*1H2,2H3,(H,5,6);/q;;+2/p-2. The zero-order valence-corrected chi connectivity index (χ0v) is 8.61.